The van der Waals surface area contributed by atoms with Crippen molar-refractivity contribution in [2.24, 2.45) is 10.4 Å². The van der Waals surface area contributed by atoms with Crippen molar-refractivity contribution >= 4 is 52.1 Å². The lowest BCUT2D eigenvalue weighted by Crippen LogP contribution is -2.58. The maximum Gasteiger partial charge on any atom is 0.308 e. The zero-order valence-corrected chi connectivity index (χ0v) is 40.8. The number of aliphatic hydroxyl groups is 1. The molecule has 3 aromatic carbocycles. The Balaban J connectivity index is 0.933. The topological polar surface area (TPSA) is 181 Å². The molecule has 0 bridgehead atoms. The minimum absolute atomic E-state index is 0.0131. The van der Waals surface area contributed by atoms with Gasteiger partial charge >= 0.3 is 5.97 Å². The van der Waals surface area contributed by atoms with E-state index in [4.69, 9.17) is 9.73 Å². The molecule has 6 aromatic rings. The third-order valence-corrected chi connectivity index (χ3v) is 14.9. The first-order chi connectivity index (χ1) is 31.9. The van der Waals surface area contributed by atoms with Crippen LogP contribution in [0.3, 0.4) is 0 Å². The van der Waals surface area contributed by atoms with E-state index >= 15 is 0 Å². The number of rotatable bonds is 12. The highest BCUT2D eigenvalue weighted by Crippen LogP contribution is 2.40. The molecule has 3 aromatic heterocycles. The number of likely N-dealkylation sites (tertiary alicyclic amines) is 1. The fourth-order valence-corrected chi connectivity index (χ4v) is 10.8. The number of hydrogen-bond donors (Lipinski definition) is 3. The van der Waals surface area contributed by atoms with Crippen LogP contribution in [0.15, 0.2) is 83.3 Å². The lowest BCUT2D eigenvalue weighted by atomic mass is 9.85. The molecule has 0 radical (unpaired) electrons. The van der Waals surface area contributed by atoms with Crippen LogP contribution in [0, 0.1) is 33.1 Å². The van der Waals surface area contributed by atoms with Gasteiger partial charge in [0.1, 0.15) is 29.0 Å². The second-order valence-corrected chi connectivity index (χ2v) is 20.6. The number of amides is 3. The normalized spacial score (nSPS) is 17.7. The van der Waals surface area contributed by atoms with Crippen molar-refractivity contribution in [3.63, 3.8) is 0 Å². The Morgan fingerprint density at radius 2 is 1.52 bits per heavy atom. The number of esters is 1. The predicted octanol–water partition coefficient (Wildman–Crippen LogP) is 7.72. The van der Waals surface area contributed by atoms with Crippen LogP contribution < -0.4 is 10.6 Å². The van der Waals surface area contributed by atoms with Crippen molar-refractivity contribution in [3.8, 4) is 26.6 Å². The van der Waals surface area contributed by atoms with Crippen molar-refractivity contribution in [2.75, 3.05) is 13.7 Å². The molecule has 0 aliphatic carbocycles. The van der Waals surface area contributed by atoms with Gasteiger partial charge in [-0.1, -0.05) is 93.6 Å². The number of benzene rings is 3. The van der Waals surface area contributed by atoms with Crippen LogP contribution in [-0.2, 0) is 30.3 Å². The van der Waals surface area contributed by atoms with Gasteiger partial charge in [0.05, 0.1) is 53.9 Å². The Morgan fingerprint density at radius 1 is 0.881 bits per heavy atom. The average molecular weight is 941 g/mol. The number of aromatic nitrogens is 4. The third-order valence-electron chi connectivity index (χ3n) is 12.7. The molecule has 3 amide bonds. The molecule has 2 aliphatic rings. The Labute approximate surface area is 398 Å². The first-order valence-corrected chi connectivity index (χ1v) is 24.1. The van der Waals surface area contributed by atoms with Crippen LogP contribution in [-0.4, -0.2) is 91.0 Å². The minimum atomic E-state index is -0.952. The summed E-state index contributed by atoms with van der Waals surface area (Å²) < 4.78 is 7.04. The molecule has 348 valence electrons. The molecule has 16 heteroatoms. The number of hydrogen-bond acceptors (Lipinski definition) is 12. The molecular weight excluding hydrogens is 885 g/mol. The van der Waals surface area contributed by atoms with E-state index in [1.165, 1.54) is 12.0 Å². The molecule has 8 rings (SSSR count). The molecule has 1 fully saturated rings. The second kappa shape index (κ2) is 19.1. The van der Waals surface area contributed by atoms with E-state index in [9.17, 15) is 24.3 Å². The molecule has 1 saturated heterocycles. The van der Waals surface area contributed by atoms with Crippen LogP contribution in [0.1, 0.15) is 103 Å². The van der Waals surface area contributed by atoms with Crippen molar-refractivity contribution in [2.45, 2.75) is 105 Å². The smallest absolute Gasteiger partial charge is 0.308 e. The van der Waals surface area contributed by atoms with Gasteiger partial charge in [0.15, 0.2) is 5.82 Å². The second-order valence-electron chi connectivity index (χ2n) is 18.5. The molecule has 0 saturated carbocycles. The van der Waals surface area contributed by atoms with E-state index in [0.717, 1.165) is 70.7 Å². The number of methoxy groups -OCH3 is 1. The number of carbonyl (C=O) groups is 4. The number of thiophene rings is 1. The molecule has 3 N–H and O–H groups in total. The van der Waals surface area contributed by atoms with Gasteiger partial charge in [0, 0.05) is 29.0 Å². The van der Waals surface area contributed by atoms with Gasteiger partial charge in [-0.2, -0.15) is 0 Å². The van der Waals surface area contributed by atoms with Crippen molar-refractivity contribution in [3.05, 3.63) is 128 Å². The van der Waals surface area contributed by atoms with Gasteiger partial charge in [-0.3, -0.25) is 28.7 Å². The summed E-state index contributed by atoms with van der Waals surface area (Å²) in [5.74, 6) is -0.190. The highest BCUT2D eigenvalue weighted by atomic mass is 32.1. The van der Waals surface area contributed by atoms with Crippen LogP contribution in [0.5, 0.6) is 0 Å². The third kappa shape index (κ3) is 9.74. The molecule has 2 aliphatic heterocycles. The molecule has 5 atom stereocenters. The monoisotopic (exact) mass is 940 g/mol. The van der Waals surface area contributed by atoms with Crippen molar-refractivity contribution < 1.29 is 29.0 Å². The molecular formula is C51H56N8O6S2. The highest BCUT2D eigenvalue weighted by Gasteiger charge is 2.45. The standard InChI is InChI=1S/C51H56N8O6S2/c1-27-30(4)67-50-43(27)44(54-39(24-42(62)65-9)47-57-56-31(5)59(47)50)36-18-16-35(17-19-36)34-12-10-32(11-13-34)22-41(61)55-46(51(6,7)8)49(64)58-25-38(60)23-40(58)48(63)53-28(2)33-14-20-37(21-15-33)45-29(3)52-26-66-45/h10-21,26,28,38-40,46,60H,22-25H2,1-9H3,(H,53,63)(H,55,61)/t28-,38+,39-,40-,46+/m0/s1. The van der Waals surface area contributed by atoms with Crippen molar-refractivity contribution in [1.29, 1.82) is 0 Å². The molecule has 0 spiro atoms. The van der Waals surface area contributed by atoms with Gasteiger partial charge in [-0.25, -0.2) is 4.98 Å². The summed E-state index contributed by atoms with van der Waals surface area (Å²) in [7, 11) is 1.37. The number of aliphatic hydroxyl groups excluding tert-OH is 1. The Hall–Kier alpha value is -6.36. The number of β-amino-alcohol motifs (C(OH)–C–C–N with tert-alkyl or cyclic N) is 1. The van der Waals surface area contributed by atoms with E-state index in [2.05, 4.69) is 39.7 Å². The maximum atomic E-state index is 14.3. The van der Waals surface area contributed by atoms with Gasteiger partial charge in [0.2, 0.25) is 17.7 Å². The van der Waals surface area contributed by atoms with E-state index in [1.54, 1.807) is 22.7 Å². The molecule has 67 heavy (non-hydrogen) atoms. The summed E-state index contributed by atoms with van der Waals surface area (Å²) in [6.07, 6.45) is -0.729. The van der Waals surface area contributed by atoms with Gasteiger partial charge in [-0.15, -0.1) is 32.9 Å². The Kier molecular flexibility index (Phi) is 13.4. The summed E-state index contributed by atoms with van der Waals surface area (Å²) >= 11 is 3.23. The van der Waals surface area contributed by atoms with Crippen LogP contribution in [0.25, 0.3) is 26.6 Å². The largest absolute Gasteiger partial charge is 0.469 e. The molecule has 14 nitrogen and oxygen atoms in total. The summed E-state index contributed by atoms with van der Waals surface area (Å²) in [6.45, 7) is 15.5. The lowest BCUT2D eigenvalue weighted by molar-refractivity contribution is -0.144. The van der Waals surface area contributed by atoms with Gasteiger partial charge < -0.3 is 25.4 Å². The quantitative estimate of drug-likeness (QED) is 0.104. The van der Waals surface area contributed by atoms with Gasteiger partial charge in [-0.05, 0) is 73.4 Å². The van der Waals surface area contributed by atoms with Crippen LogP contribution in [0.2, 0.25) is 0 Å². The summed E-state index contributed by atoms with van der Waals surface area (Å²) in [6, 6.07) is 21.0. The summed E-state index contributed by atoms with van der Waals surface area (Å²) in [5, 5.41) is 26.5. The first kappa shape index (κ1) is 47.1. The Bertz CT molecular complexity index is 2860. The Morgan fingerprint density at radius 3 is 2.15 bits per heavy atom. The van der Waals surface area contributed by atoms with E-state index < -0.39 is 35.6 Å². The first-order valence-electron chi connectivity index (χ1n) is 22.4. The maximum absolute atomic E-state index is 14.3. The minimum Gasteiger partial charge on any atom is -0.469 e. The van der Waals surface area contributed by atoms with E-state index in [1.807, 2.05) is 124 Å². The number of fused-ring (bicyclic) bond motifs is 3. The number of thiazole rings is 1. The fraction of sp³-hybridized carbons (Fsp3) is 0.373. The number of aliphatic imine (C=N–C) groups is 1. The number of aryl methyl sites for hydroxylation is 3. The summed E-state index contributed by atoms with van der Waals surface area (Å²) in [5.41, 5.74) is 10.5. The summed E-state index contributed by atoms with van der Waals surface area (Å²) in [4.78, 5) is 67.5. The number of ether oxygens (including phenoxy) is 1. The van der Waals surface area contributed by atoms with Gasteiger partial charge in [0.25, 0.3) is 0 Å². The number of nitrogens with one attached hydrogen (secondary N) is 2. The van der Waals surface area contributed by atoms with Crippen molar-refractivity contribution in [1.82, 2.24) is 35.3 Å². The predicted molar refractivity (Wildman–Crippen MR) is 260 cm³/mol. The SMILES string of the molecule is COC(=O)C[C@@H]1N=C(c2ccc(-c3ccc(CC(=O)N[C@H](C(=O)N4C[C@H](O)C[C@H]4C(=O)N[C@@H](C)c4ccc(-c5scnc5C)cc4)C(C)(C)C)cc3)cc2)c2c(sc(C)c2C)-n2c(C)nnc21. The van der Waals surface area contributed by atoms with Crippen LogP contribution >= 0.6 is 22.7 Å². The number of nitrogens with zero attached hydrogens (tertiary/aromatic N) is 6. The average Bonchev–Trinajstić information content (AvgIpc) is 4.07. The van der Waals surface area contributed by atoms with E-state index in [0.29, 0.717) is 11.6 Å². The zero-order chi connectivity index (χ0) is 47.9. The lowest BCUT2D eigenvalue weighted by Gasteiger charge is -2.35. The number of carbonyl (C=O) groups excluding carboxylic acids is 4. The fourth-order valence-electron chi connectivity index (χ4n) is 8.81. The van der Waals surface area contributed by atoms with Crippen LogP contribution in [0.4, 0.5) is 0 Å². The highest BCUT2D eigenvalue weighted by molar-refractivity contribution is 7.15. The molecule has 0 unspecified atom stereocenters. The zero-order valence-electron chi connectivity index (χ0n) is 39.2. The molecule has 5 heterocycles. The van der Waals surface area contributed by atoms with E-state index in [-0.39, 0.29) is 49.6 Å².